The highest BCUT2D eigenvalue weighted by atomic mass is 32.2. The van der Waals surface area contributed by atoms with Crippen LogP contribution in [-0.2, 0) is 15.4 Å². The van der Waals surface area contributed by atoms with Gasteiger partial charge in [-0.25, -0.2) is 4.79 Å². The first kappa shape index (κ1) is 15.3. The highest BCUT2D eigenvalue weighted by Gasteiger charge is 2.23. The van der Waals surface area contributed by atoms with E-state index in [1.807, 2.05) is 18.2 Å². The van der Waals surface area contributed by atoms with Gasteiger partial charge in [-0.15, -0.1) is 0 Å². The lowest BCUT2D eigenvalue weighted by Crippen LogP contribution is -2.30. The summed E-state index contributed by atoms with van der Waals surface area (Å²) < 4.78 is 10.7. The molecule has 0 amide bonds. The smallest absolute Gasteiger partial charge is 0.359 e. The molecule has 21 heavy (non-hydrogen) atoms. The van der Waals surface area contributed by atoms with Crippen molar-refractivity contribution in [3.8, 4) is 11.5 Å². The molecule has 2 aromatic rings. The molecule has 0 aromatic heterocycles. The van der Waals surface area contributed by atoms with Gasteiger partial charge >= 0.3 is 5.97 Å². The molecule has 0 bridgehead atoms. The van der Waals surface area contributed by atoms with Crippen LogP contribution in [0.25, 0.3) is 0 Å². The summed E-state index contributed by atoms with van der Waals surface area (Å²) in [7, 11) is 0. The van der Waals surface area contributed by atoms with E-state index in [1.54, 1.807) is 42.7 Å². The number of hydrogen-bond acceptors (Lipinski definition) is 5. The molecule has 0 spiro atoms. The lowest BCUT2D eigenvalue weighted by Gasteiger charge is -2.17. The standard InChI is InChI=1S/C16H16O4S/c1-21-20-16(18)15(19-14-5-3-2-4-6-14)11-12-7-9-13(17)10-8-12/h2-10,15,17H,11H2,1H3. The number of aromatic hydroxyl groups is 1. The summed E-state index contributed by atoms with van der Waals surface area (Å²) in [5.74, 6) is 0.365. The van der Waals surface area contributed by atoms with Crippen molar-refractivity contribution in [3.05, 3.63) is 60.2 Å². The lowest BCUT2D eigenvalue weighted by molar-refractivity contribution is -0.140. The first-order valence-electron chi connectivity index (χ1n) is 6.43. The van der Waals surface area contributed by atoms with Gasteiger partial charge in [-0.2, -0.15) is 0 Å². The Bertz CT molecular complexity index is 569. The van der Waals surface area contributed by atoms with Gasteiger partial charge in [0.25, 0.3) is 0 Å². The summed E-state index contributed by atoms with van der Waals surface area (Å²) in [6.45, 7) is 0. The maximum absolute atomic E-state index is 12.0. The second kappa shape index (κ2) is 7.59. The molecule has 110 valence electrons. The topological polar surface area (TPSA) is 55.8 Å². The summed E-state index contributed by atoms with van der Waals surface area (Å²) in [5.41, 5.74) is 0.881. The van der Waals surface area contributed by atoms with E-state index in [0.717, 1.165) is 17.6 Å². The number of carbonyl (C=O) groups is 1. The molecule has 0 aliphatic rings. The number of ether oxygens (including phenoxy) is 1. The Hall–Kier alpha value is -2.14. The Labute approximate surface area is 127 Å². The van der Waals surface area contributed by atoms with Gasteiger partial charge in [-0.05, 0) is 29.8 Å². The molecular formula is C16H16O4S. The molecule has 1 unspecified atom stereocenters. The summed E-state index contributed by atoms with van der Waals surface area (Å²) in [6.07, 6.45) is 1.32. The molecule has 2 aromatic carbocycles. The Morgan fingerprint density at radius 2 is 1.81 bits per heavy atom. The first-order chi connectivity index (χ1) is 10.2. The SMILES string of the molecule is CSOC(=O)C(Cc1ccc(O)cc1)Oc1ccccc1. The van der Waals surface area contributed by atoms with Crippen LogP contribution in [-0.4, -0.2) is 23.4 Å². The zero-order valence-electron chi connectivity index (χ0n) is 11.6. The van der Waals surface area contributed by atoms with Gasteiger partial charge < -0.3 is 14.0 Å². The van der Waals surface area contributed by atoms with Crippen LogP contribution < -0.4 is 4.74 Å². The van der Waals surface area contributed by atoms with Crippen LogP contribution in [0.1, 0.15) is 5.56 Å². The van der Waals surface area contributed by atoms with E-state index in [-0.39, 0.29) is 5.75 Å². The van der Waals surface area contributed by atoms with E-state index in [1.165, 1.54) is 0 Å². The van der Waals surface area contributed by atoms with Gasteiger partial charge in [0.15, 0.2) is 0 Å². The average molecular weight is 304 g/mol. The largest absolute Gasteiger partial charge is 0.508 e. The second-order valence-corrected chi connectivity index (χ2v) is 4.86. The number of hydrogen-bond donors (Lipinski definition) is 1. The second-order valence-electron chi connectivity index (χ2n) is 4.36. The third-order valence-corrected chi connectivity index (χ3v) is 3.14. The Morgan fingerprint density at radius 3 is 2.43 bits per heavy atom. The fourth-order valence-corrected chi connectivity index (χ4v) is 2.09. The predicted octanol–water partition coefficient (Wildman–Crippen LogP) is 3.20. The third kappa shape index (κ3) is 4.72. The van der Waals surface area contributed by atoms with Gasteiger partial charge in [-0.3, -0.25) is 0 Å². The molecule has 5 heteroatoms. The van der Waals surface area contributed by atoms with E-state index in [2.05, 4.69) is 0 Å². The zero-order valence-corrected chi connectivity index (χ0v) is 12.4. The monoisotopic (exact) mass is 304 g/mol. The fourth-order valence-electron chi connectivity index (χ4n) is 1.82. The molecule has 1 atom stereocenters. The molecular weight excluding hydrogens is 288 g/mol. The molecule has 0 heterocycles. The molecule has 1 N–H and O–H groups in total. The normalized spacial score (nSPS) is 11.7. The minimum atomic E-state index is -0.732. The van der Waals surface area contributed by atoms with Crippen LogP contribution in [0.5, 0.6) is 11.5 Å². The maximum Gasteiger partial charge on any atom is 0.359 e. The van der Waals surface area contributed by atoms with Crippen LogP contribution in [0, 0.1) is 0 Å². The van der Waals surface area contributed by atoms with E-state index >= 15 is 0 Å². The average Bonchev–Trinajstić information content (AvgIpc) is 2.50. The van der Waals surface area contributed by atoms with Crippen LogP contribution in [0.4, 0.5) is 0 Å². The molecule has 0 saturated carbocycles. The number of phenols is 1. The van der Waals surface area contributed by atoms with E-state index < -0.39 is 12.1 Å². The van der Waals surface area contributed by atoms with Gasteiger partial charge in [0.1, 0.15) is 11.5 Å². The zero-order chi connectivity index (χ0) is 15.1. The molecule has 0 fully saturated rings. The molecule has 0 aliphatic carbocycles. The van der Waals surface area contributed by atoms with Crippen molar-refractivity contribution in [1.82, 2.24) is 0 Å². The molecule has 4 nitrogen and oxygen atoms in total. The highest BCUT2D eigenvalue weighted by Crippen LogP contribution is 2.17. The van der Waals surface area contributed by atoms with Crippen LogP contribution in [0.2, 0.25) is 0 Å². The van der Waals surface area contributed by atoms with Gasteiger partial charge in [0.05, 0.1) is 12.0 Å². The number of carbonyl (C=O) groups excluding carboxylic acids is 1. The maximum atomic E-state index is 12.0. The van der Waals surface area contributed by atoms with Gasteiger partial charge in [0, 0.05) is 12.7 Å². The molecule has 2 rings (SSSR count). The van der Waals surface area contributed by atoms with Crippen molar-refractivity contribution < 1.29 is 18.8 Å². The summed E-state index contributed by atoms with van der Waals surface area (Å²) in [4.78, 5) is 12.0. The summed E-state index contributed by atoms with van der Waals surface area (Å²) in [5, 5.41) is 9.29. The van der Waals surface area contributed by atoms with Crippen molar-refractivity contribution in [3.63, 3.8) is 0 Å². The Morgan fingerprint density at radius 1 is 1.14 bits per heavy atom. The van der Waals surface area contributed by atoms with E-state index in [4.69, 9.17) is 8.92 Å². The third-order valence-electron chi connectivity index (χ3n) is 2.81. The first-order valence-corrected chi connectivity index (χ1v) is 7.58. The fraction of sp³-hybridized carbons (Fsp3) is 0.188. The predicted molar refractivity (Wildman–Crippen MR) is 82.3 cm³/mol. The number of para-hydroxylation sites is 1. The lowest BCUT2D eigenvalue weighted by atomic mass is 10.1. The minimum Gasteiger partial charge on any atom is -0.508 e. The number of phenolic OH excluding ortho intramolecular Hbond substituents is 1. The number of benzene rings is 2. The van der Waals surface area contributed by atoms with Crippen molar-refractivity contribution in [2.45, 2.75) is 12.5 Å². The van der Waals surface area contributed by atoms with E-state index in [0.29, 0.717) is 12.2 Å². The molecule has 0 aliphatic heterocycles. The van der Waals surface area contributed by atoms with Crippen LogP contribution >= 0.6 is 12.0 Å². The Kier molecular flexibility index (Phi) is 5.51. The highest BCUT2D eigenvalue weighted by molar-refractivity contribution is 7.94. The van der Waals surface area contributed by atoms with Crippen molar-refractivity contribution in [1.29, 1.82) is 0 Å². The summed E-state index contributed by atoms with van der Waals surface area (Å²) >= 11 is 0.992. The molecule has 0 saturated heterocycles. The van der Waals surface area contributed by atoms with Crippen molar-refractivity contribution in [2.75, 3.05) is 6.26 Å². The van der Waals surface area contributed by atoms with Gasteiger partial charge in [-0.1, -0.05) is 30.3 Å². The van der Waals surface area contributed by atoms with E-state index in [9.17, 15) is 9.90 Å². The summed E-state index contributed by atoms with van der Waals surface area (Å²) in [6, 6.07) is 15.8. The van der Waals surface area contributed by atoms with Crippen molar-refractivity contribution >= 4 is 18.0 Å². The molecule has 0 radical (unpaired) electrons. The Balaban J connectivity index is 2.11. The minimum absolute atomic E-state index is 0.186. The van der Waals surface area contributed by atoms with Crippen LogP contribution in [0.15, 0.2) is 54.6 Å². The van der Waals surface area contributed by atoms with Crippen molar-refractivity contribution in [2.24, 2.45) is 0 Å². The van der Waals surface area contributed by atoms with Crippen LogP contribution in [0.3, 0.4) is 0 Å². The number of rotatable bonds is 6. The quantitative estimate of drug-likeness (QED) is 0.831. The van der Waals surface area contributed by atoms with Gasteiger partial charge in [0.2, 0.25) is 6.10 Å².